The van der Waals surface area contributed by atoms with Gasteiger partial charge < -0.3 is 5.11 Å². The number of halogens is 1. The average molecular weight is 272 g/mol. The Kier molecular flexibility index (Phi) is 3.09. The minimum Gasteiger partial charge on any atom is -0.383 e. The molecule has 0 aliphatic carbocycles. The maximum Gasteiger partial charge on any atom is 0.123 e. The number of thiophene rings is 1. The summed E-state index contributed by atoms with van der Waals surface area (Å²) in [5.74, 6) is -0.248. The number of rotatable bonds is 2. The Morgan fingerprint density at radius 2 is 1.89 bits per heavy atom. The van der Waals surface area contributed by atoms with Crippen LogP contribution in [0.5, 0.6) is 0 Å². The lowest BCUT2D eigenvalue weighted by atomic mass is 10.0. The Morgan fingerprint density at radius 1 is 1.11 bits per heavy atom. The Morgan fingerprint density at radius 3 is 2.68 bits per heavy atom. The second-order valence-corrected chi connectivity index (χ2v) is 5.71. The minimum atomic E-state index is -0.651. The van der Waals surface area contributed by atoms with Crippen LogP contribution in [0.2, 0.25) is 0 Å². The molecule has 0 spiro atoms. The first-order valence-electron chi connectivity index (χ1n) is 6.08. The summed E-state index contributed by atoms with van der Waals surface area (Å²) in [6.45, 7) is 1.98. The van der Waals surface area contributed by atoms with Gasteiger partial charge in [-0.3, -0.25) is 0 Å². The van der Waals surface area contributed by atoms with Crippen LogP contribution in [0, 0.1) is 12.7 Å². The summed E-state index contributed by atoms with van der Waals surface area (Å²) in [5.41, 5.74) is 1.95. The van der Waals surface area contributed by atoms with Crippen molar-refractivity contribution in [1.82, 2.24) is 0 Å². The van der Waals surface area contributed by atoms with Crippen molar-refractivity contribution in [2.24, 2.45) is 0 Å². The topological polar surface area (TPSA) is 20.2 Å². The van der Waals surface area contributed by atoms with E-state index in [1.807, 2.05) is 37.3 Å². The average Bonchev–Trinajstić information content (AvgIpc) is 2.81. The maximum absolute atomic E-state index is 13.2. The van der Waals surface area contributed by atoms with E-state index in [2.05, 4.69) is 0 Å². The van der Waals surface area contributed by atoms with Crippen LogP contribution in [0.1, 0.15) is 22.1 Å². The van der Waals surface area contributed by atoms with Crippen LogP contribution in [-0.4, -0.2) is 5.11 Å². The molecule has 0 amide bonds. The predicted molar refractivity (Wildman–Crippen MR) is 77.0 cm³/mol. The third kappa shape index (κ3) is 2.27. The zero-order chi connectivity index (χ0) is 13.4. The monoisotopic (exact) mass is 272 g/mol. The van der Waals surface area contributed by atoms with Gasteiger partial charge in [0.25, 0.3) is 0 Å². The van der Waals surface area contributed by atoms with Gasteiger partial charge in [-0.2, -0.15) is 0 Å². The van der Waals surface area contributed by atoms with Crippen LogP contribution in [0.3, 0.4) is 0 Å². The van der Waals surface area contributed by atoms with Crippen LogP contribution in [0.15, 0.2) is 48.5 Å². The summed E-state index contributed by atoms with van der Waals surface area (Å²) < 4.78 is 14.2. The molecule has 0 aliphatic heterocycles. The van der Waals surface area contributed by atoms with E-state index in [0.29, 0.717) is 0 Å². The molecule has 3 aromatic rings. The molecule has 19 heavy (non-hydrogen) atoms. The third-order valence-electron chi connectivity index (χ3n) is 3.25. The summed E-state index contributed by atoms with van der Waals surface area (Å²) in [6, 6.07) is 14.3. The van der Waals surface area contributed by atoms with Gasteiger partial charge in [0.15, 0.2) is 0 Å². The molecule has 2 aromatic carbocycles. The molecular weight excluding hydrogens is 259 g/mol. The maximum atomic E-state index is 13.2. The van der Waals surface area contributed by atoms with E-state index < -0.39 is 6.10 Å². The second-order valence-electron chi connectivity index (χ2n) is 4.59. The zero-order valence-corrected chi connectivity index (χ0v) is 11.2. The summed E-state index contributed by atoms with van der Waals surface area (Å²) in [5, 5.41) is 11.3. The molecule has 0 aliphatic rings. The van der Waals surface area contributed by atoms with Gasteiger partial charge in [0, 0.05) is 9.58 Å². The predicted octanol–water partition coefficient (Wildman–Crippen LogP) is 4.43. The molecule has 3 heteroatoms. The lowest BCUT2D eigenvalue weighted by molar-refractivity contribution is 0.223. The third-order valence-corrected chi connectivity index (χ3v) is 4.42. The lowest BCUT2D eigenvalue weighted by Gasteiger charge is -2.11. The van der Waals surface area contributed by atoms with E-state index in [4.69, 9.17) is 0 Å². The first-order valence-corrected chi connectivity index (χ1v) is 6.89. The molecule has 0 fully saturated rings. The number of hydrogen-bond acceptors (Lipinski definition) is 2. The summed E-state index contributed by atoms with van der Waals surface area (Å²) in [4.78, 5) is 0.843. The standard InChI is InChI=1S/C16H13FOS/c1-10-4-2-3-5-13(10)16(18)15-9-11-8-12(17)6-7-14(11)19-15/h2-9,16,18H,1H3. The fraction of sp³-hybridized carbons (Fsp3) is 0.125. The number of hydrogen-bond donors (Lipinski definition) is 1. The number of benzene rings is 2. The molecule has 1 heterocycles. The smallest absolute Gasteiger partial charge is 0.123 e. The molecule has 0 saturated carbocycles. The fourth-order valence-corrected chi connectivity index (χ4v) is 3.27. The summed E-state index contributed by atoms with van der Waals surface area (Å²) in [6.07, 6.45) is -0.651. The number of aliphatic hydroxyl groups is 1. The molecule has 1 unspecified atom stereocenters. The van der Waals surface area contributed by atoms with Crippen molar-refractivity contribution >= 4 is 21.4 Å². The molecule has 1 nitrogen and oxygen atoms in total. The zero-order valence-electron chi connectivity index (χ0n) is 10.4. The van der Waals surface area contributed by atoms with Crippen molar-refractivity contribution in [3.8, 4) is 0 Å². The lowest BCUT2D eigenvalue weighted by Crippen LogP contribution is -1.99. The molecule has 96 valence electrons. The van der Waals surface area contributed by atoms with Gasteiger partial charge in [0.1, 0.15) is 11.9 Å². The van der Waals surface area contributed by atoms with E-state index >= 15 is 0 Å². The summed E-state index contributed by atoms with van der Waals surface area (Å²) in [7, 11) is 0. The fourth-order valence-electron chi connectivity index (χ4n) is 2.22. The molecule has 1 N–H and O–H groups in total. The van der Waals surface area contributed by atoms with Gasteiger partial charge in [-0.1, -0.05) is 24.3 Å². The Bertz CT molecular complexity index is 732. The number of fused-ring (bicyclic) bond motifs is 1. The van der Waals surface area contributed by atoms with E-state index in [1.54, 1.807) is 6.07 Å². The van der Waals surface area contributed by atoms with E-state index in [-0.39, 0.29) is 5.82 Å². The highest BCUT2D eigenvalue weighted by Gasteiger charge is 2.15. The normalized spacial score (nSPS) is 12.8. The van der Waals surface area contributed by atoms with Crippen LogP contribution < -0.4 is 0 Å². The highest BCUT2D eigenvalue weighted by Crippen LogP contribution is 2.34. The van der Waals surface area contributed by atoms with E-state index in [9.17, 15) is 9.50 Å². The van der Waals surface area contributed by atoms with Gasteiger partial charge in [-0.05, 0) is 47.7 Å². The van der Waals surface area contributed by atoms with Crippen molar-refractivity contribution in [2.75, 3.05) is 0 Å². The van der Waals surface area contributed by atoms with Gasteiger partial charge in [0.2, 0.25) is 0 Å². The minimum absolute atomic E-state index is 0.248. The second kappa shape index (κ2) is 4.76. The highest BCUT2D eigenvalue weighted by molar-refractivity contribution is 7.19. The van der Waals surface area contributed by atoms with E-state index in [0.717, 1.165) is 26.1 Å². The van der Waals surface area contributed by atoms with Crippen molar-refractivity contribution in [3.63, 3.8) is 0 Å². The van der Waals surface area contributed by atoms with Crippen LogP contribution in [0.4, 0.5) is 4.39 Å². The van der Waals surface area contributed by atoms with Crippen LogP contribution in [0.25, 0.3) is 10.1 Å². The quantitative estimate of drug-likeness (QED) is 0.731. The van der Waals surface area contributed by atoms with Gasteiger partial charge in [-0.25, -0.2) is 4.39 Å². The largest absolute Gasteiger partial charge is 0.383 e. The molecule has 0 bridgehead atoms. The van der Waals surface area contributed by atoms with Crippen LogP contribution in [-0.2, 0) is 0 Å². The Balaban J connectivity index is 2.07. The molecule has 1 aromatic heterocycles. The first kappa shape index (κ1) is 12.3. The molecule has 0 radical (unpaired) electrons. The van der Waals surface area contributed by atoms with Crippen molar-refractivity contribution < 1.29 is 9.50 Å². The van der Waals surface area contributed by atoms with Crippen molar-refractivity contribution in [2.45, 2.75) is 13.0 Å². The molecule has 1 atom stereocenters. The van der Waals surface area contributed by atoms with Gasteiger partial charge >= 0.3 is 0 Å². The van der Waals surface area contributed by atoms with Gasteiger partial charge in [-0.15, -0.1) is 11.3 Å². The summed E-state index contributed by atoms with van der Waals surface area (Å²) >= 11 is 1.50. The highest BCUT2D eigenvalue weighted by atomic mass is 32.1. The molecule has 0 saturated heterocycles. The van der Waals surface area contributed by atoms with E-state index in [1.165, 1.54) is 23.5 Å². The van der Waals surface area contributed by atoms with Gasteiger partial charge in [0.05, 0.1) is 0 Å². The number of aryl methyl sites for hydroxylation is 1. The Hall–Kier alpha value is -1.71. The molecular formula is C16H13FOS. The van der Waals surface area contributed by atoms with Crippen molar-refractivity contribution in [3.05, 3.63) is 70.4 Å². The number of aliphatic hydroxyl groups excluding tert-OH is 1. The first-order chi connectivity index (χ1) is 9.15. The molecule has 3 rings (SSSR count). The van der Waals surface area contributed by atoms with Crippen molar-refractivity contribution in [1.29, 1.82) is 0 Å². The SMILES string of the molecule is Cc1ccccc1C(O)c1cc2cc(F)ccc2s1. The Labute approximate surface area is 115 Å². The van der Waals surface area contributed by atoms with Crippen LogP contribution >= 0.6 is 11.3 Å².